The van der Waals surface area contributed by atoms with Crippen molar-refractivity contribution in [2.24, 2.45) is 0 Å². The molecule has 0 aromatic heterocycles. The summed E-state index contributed by atoms with van der Waals surface area (Å²) in [5.74, 6) is -2.48. The van der Waals surface area contributed by atoms with Crippen molar-refractivity contribution in [3.05, 3.63) is 64.7 Å². The van der Waals surface area contributed by atoms with Crippen molar-refractivity contribution in [2.75, 3.05) is 11.9 Å². The first kappa shape index (κ1) is 16.9. The summed E-state index contributed by atoms with van der Waals surface area (Å²) in [7, 11) is 0. The summed E-state index contributed by atoms with van der Waals surface area (Å²) in [6, 6.07) is 9.44. The summed E-state index contributed by atoms with van der Waals surface area (Å²) >= 11 is 5.58. The highest BCUT2D eigenvalue weighted by Gasteiger charge is 2.11. The van der Waals surface area contributed by atoms with E-state index < -0.39 is 30.1 Å². The lowest BCUT2D eigenvalue weighted by Crippen LogP contribution is -2.21. The molecular formula is C16H12ClF2NO3. The van der Waals surface area contributed by atoms with Crippen LogP contribution in [0, 0.1) is 11.6 Å². The molecule has 0 saturated carbocycles. The smallest absolute Gasteiger partial charge is 0.310 e. The Labute approximate surface area is 136 Å². The molecule has 0 atom stereocenters. The van der Waals surface area contributed by atoms with Crippen LogP contribution in [0.25, 0.3) is 0 Å². The quantitative estimate of drug-likeness (QED) is 0.850. The zero-order valence-electron chi connectivity index (χ0n) is 11.8. The first-order valence-electron chi connectivity index (χ1n) is 6.59. The molecular weight excluding hydrogens is 328 g/mol. The Kier molecular flexibility index (Phi) is 5.65. The Balaban J connectivity index is 1.83. The lowest BCUT2D eigenvalue weighted by atomic mass is 10.1. The Hall–Kier alpha value is -2.47. The molecule has 0 aliphatic carbocycles. The Morgan fingerprint density at radius 2 is 1.83 bits per heavy atom. The van der Waals surface area contributed by atoms with Crippen LogP contribution in [0.5, 0.6) is 0 Å². The van der Waals surface area contributed by atoms with E-state index in [4.69, 9.17) is 16.3 Å². The fourth-order valence-corrected chi connectivity index (χ4v) is 1.95. The zero-order valence-corrected chi connectivity index (χ0v) is 12.6. The van der Waals surface area contributed by atoms with E-state index in [0.717, 1.165) is 6.07 Å². The Bertz CT molecular complexity index is 737. The van der Waals surface area contributed by atoms with E-state index in [1.54, 1.807) is 6.07 Å². The highest BCUT2D eigenvalue weighted by Crippen LogP contribution is 2.19. The van der Waals surface area contributed by atoms with E-state index in [2.05, 4.69) is 5.32 Å². The molecule has 0 aliphatic heterocycles. The average Bonchev–Trinajstić information content (AvgIpc) is 2.51. The second kappa shape index (κ2) is 7.69. The van der Waals surface area contributed by atoms with Gasteiger partial charge in [-0.15, -0.1) is 0 Å². The number of hydrogen-bond acceptors (Lipinski definition) is 3. The standard InChI is InChI=1S/C16H12ClF2NO3/c17-12-8-11(5-6-14(12)19)20-15(21)9-23-16(22)7-10-3-1-2-4-13(10)18/h1-6,8H,7,9H2,(H,20,21). The number of esters is 1. The minimum atomic E-state index is -0.734. The summed E-state index contributed by atoms with van der Waals surface area (Å²) < 4.78 is 31.1. The van der Waals surface area contributed by atoms with Gasteiger partial charge in [-0.25, -0.2) is 8.78 Å². The van der Waals surface area contributed by atoms with E-state index in [-0.39, 0.29) is 22.7 Å². The van der Waals surface area contributed by atoms with Gasteiger partial charge in [0.05, 0.1) is 11.4 Å². The molecule has 2 aromatic carbocycles. The molecule has 2 aromatic rings. The Morgan fingerprint density at radius 3 is 2.52 bits per heavy atom. The van der Waals surface area contributed by atoms with Gasteiger partial charge in [-0.3, -0.25) is 9.59 Å². The summed E-state index contributed by atoms with van der Waals surface area (Å²) in [5, 5.41) is 2.26. The van der Waals surface area contributed by atoms with Crippen LogP contribution in [0.3, 0.4) is 0 Å². The number of halogens is 3. The van der Waals surface area contributed by atoms with Crippen molar-refractivity contribution in [3.8, 4) is 0 Å². The highest BCUT2D eigenvalue weighted by atomic mass is 35.5. The fraction of sp³-hybridized carbons (Fsp3) is 0.125. The van der Waals surface area contributed by atoms with Gasteiger partial charge in [-0.1, -0.05) is 29.8 Å². The van der Waals surface area contributed by atoms with Crippen molar-refractivity contribution >= 4 is 29.2 Å². The van der Waals surface area contributed by atoms with E-state index in [1.165, 1.54) is 30.3 Å². The van der Waals surface area contributed by atoms with E-state index in [0.29, 0.717) is 0 Å². The normalized spacial score (nSPS) is 10.2. The zero-order chi connectivity index (χ0) is 16.8. The highest BCUT2D eigenvalue weighted by molar-refractivity contribution is 6.31. The second-order valence-corrected chi connectivity index (χ2v) is 5.01. The van der Waals surface area contributed by atoms with Gasteiger partial charge in [0.25, 0.3) is 5.91 Å². The van der Waals surface area contributed by atoms with E-state index >= 15 is 0 Å². The average molecular weight is 340 g/mol. The topological polar surface area (TPSA) is 55.4 Å². The van der Waals surface area contributed by atoms with Crippen molar-refractivity contribution < 1.29 is 23.1 Å². The van der Waals surface area contributed by atoms with Crippen LogP contribution >= 0.6 is 11.6 Å². The predicted octanol–water partition coefficient (Wildman–Crippen LogP) is 3.34. The molecule has 0 radical (unpaired) electrons. The molecule has 0 aliphatic rings. The largest absolute Gasteiger partial charge is 0.455 e. The lowest BCUT2D eigenvalue weighted by molar-refractivity contribution is -0.146. The number of rotatable bonds is 5. The summed E-state index contributed by atoms with van der Waals surface area (Å²) in [5.41, 5.74) is 0.453. The molecule has 1 amide bonds. The predicted molar refractivity (Wildman–Crippen MR) is 81.1 cm³/mol. The van der Waals surface area contributed by atoms with Crippen molar-refractivity contribution in [3.63, 3.8) is 0 Å². The van der Waals surface area contributed by atoms with Crippen LogP contribution in [-0.4, -0.2) is 18.5 Å². The van der Waals surface area contributed by atoms with Gasteiger partial charge in [-0.05, 0) is 29.8 Å². The minimum Gasteiger partial charge on any atom is -0.455 e. The number of hydrogen-bond donors (Lipinski definition) is 1. The molecule has 23 heavy (non-hydrogen) atoms. The minimum absolute atomic E-state index is 0.139. The van der Waals surface area contributed by atoms with Crippen molar-refractivity contribution in [2.45, 2.75) is 6.42 Å². The molecule has 4 nitrogen and oxygen atoms in total. The van der Waals surface area contributed by atoms with Crippen LogP contribution < -0.4 is 5.32 Å². The molecule has 0 bridgehead atoms. The third-order valence-electron chi connectivity index (χ3n) is 2.86. The third kappa shape index (κ3) is 5.03. The first-order valence-corrected chi connectivity index (χ1v) is 6.97. The van der Waals surface area contributed by atoms with Crippen LogP contribution in [0.4, 0.5) is 14.5 Å². The van der Waals surface area contributed by atoms with Crippen molar-refractivity contribution in [1.29, 1.82) is 0 Å². The number of ether oxygens (including phenoxy) is 1. The van der Waals surface area contributed by atoms with E-state index in [1.807, 2.05) is 0 Å². The van der Waals surface area contributed by atoms with Gasteiger partial charge in [0.15, 0.2) is 6.61 Å². The molecule has 2 rings (SSSR count). The first-order chi connectivity index (χ1) is 11.0. The van der Waals surface area contributed by atoms with Crippen LogP contribution in [0.15, 0.2) is 42.5 Å². The van der Waals surface area contributed by atoms with Gasteiger partial charge in [0.1, 0.15) is 11.6 Å². The molecule has 0 heterocycles. The number of benzene rings is 2. The van der Waals surface area contributed by atoms with E-state index in [9.17, 15) is 18.4 Å². The molecule has 7 heteroatoms. The molecule has 1 N–H and O–H groups in total. The fourth-order valence-electron chi connectivity index (χ4n) is 1.77. The molecule has 0 saturated heterocycles. The third-order valence-corrected chi connectivity index (χ3v) is 3.15. The Morgan fingerprint density at radius 1 is 1.09 bits per heavy atom. The number of anilines is 1. The maximum absolute atomic E-state index is 13.4. The molecule has 0 fully saturated rings. The van der Waals surface area contributed by atoms with Crippen LogP contribution in [0.2, 0.25) is 5.02 Å². The summed E-state index contributed by atoms with van der Waals surface area (Å²) in [4.78, 5) is 23.2. The van der Waals surface area contributed by atoms with Crippen molar-refractivity contribution in [1.82, 2.24) is 0 Å². The van der Waals surface area contributed by atoms with Gasteiger partial charge >= 0.3 is 5.97 Å². The van der Waals surface area contributed by atoms with Gasteiger partial charge < -0.3 is 10.1 Å². The number of carbonyl (C=O) groups excluding carboxylic acids is 2. The van der Waals surface area contributed by atoms with Gasteiger partial charge in [0, 0.05) is 5.69 Å². The number of nitrogens with one attached hydrogen (secondary N) is 1. The maximum atomic E-state index is 13.4. The van der Waals surface area contributed by atoms with Gasteiger partial charge in [0.2, 0.25) is 0 Å². The number of carbonyl (C=O) groups is 2. The molecule has 120 valence electrons. The maximum Gasteiger partial charge on any atom is 0.310 e. The van der Waals surface area contributed by atoms with Crippen LogP contribution in [-0.2, 0) is 20.7 Å². The second-order valence-electron chi connectivity index (χ2n) is 4.61. The lowest BCUT2D eigenvalue weighted by Gasteiger charge is -2.07. The van der Waals surface area contributed by atoms with Crippen LogP contribution in [0.1, 0.15) is 5.56 Å². The van der Waals surface area contributed by atoms with Gasteiger partial charge in [-0.2, -0.15) is 0 Å². The summed E-state index contributed by atoms with van der Waals surface area (Å²) in [6.45, 7) is -0.539. The SMILES string of the molecule is O=C(COC(=O)Cc1ccccc1F)Nc1ccc(F)c(Cl)c1. The molecule has 0 spiro atoms. The summed E-state index contributed by atoms with van der Waals surface area (Å²) in [6.07, 6.45) is -0.275. The molecule has 0 unspecified atom stereocenters. The monoisotopic (exact) mass is 339 g/mol. The number of amides is 1.